The van der Waals surface area contributed by atoms with Gasteiger partial charge in [0.25, 0.3) is 5.82 Å². The molecule has 4 heteroatoms. The highest BCUT2D eigenvalue weighted by Gasteiger charge is 2.22. The number of benzene rings is 2. The first-order valence-corrected chi connectivity index (χ1v) is 6.25. The number of anilines is 1. The van der Waals surface area contributed by atoms with E-state index in [1.807, 2.05) is 49.6 Å². The van der Waals surface area contributed by atoms with Gasteiger partial charge in [-0.1, -0.05) is 36.4 Å². The molecule has 0 aliphatic heterocycles. The van der Waals surface area contributed by atoms with Gasteiger partial charge in [-0.3, -0.25) is 0 Å². The Morgan fingerprint density at radius 2 is 1.45 bits per heavy atom. The van der Waals surface area contributed by atoms with Crippen LogP contribution in [0.2, 0.25) is 0 Å². The lowest BCUT2D eigenvalue weighted by Gasteiger charge is -2.03. The summed E-state index contributed by atoms with van der Waals surface area (Å²) in [6.07, 6.45) is 1.94. The highest BCUT2D eigenvalue weighted by Crippen LogP contribution is 2.23. The lowest BCUT2D eigenvalue weighted by molar-refractivity contribution is -0.659. The van der Waals surface area contributed by atoms with E-state index in [1.165, 1.54) is 0 Å². The summed E-state index contributed by atoms with van der Waals surface area (Å²) < 4.78 is 4.12. The minimum atomic E-state index is 0. The van der Waals surface area contributed by atoms with E-state index < -0.39 is 0 Å². The number of aryl methyl sites for hydroxylation is 1. The van der Waals surface area contributed by atoms with Gasteiger partial charge in [0.2, 0.25) is 5.82 Å². The molecule has 20 heavy (non-hydrogen) atoms. The van der Waals surface area contributed by atoms with Gasteiger partial charge in [-0.25, -0.2) is 4.57 Å². The Bertz CT molecular complexity index is 631. The molecule has 0 amide bonds. The van der Waals surface area contributed by atoms with E-state index in [2.05, 4.69) is 33.4 Å². The zero-order valence-corrected chi connectivity index (χ0v) is 12.0. The summed E-state index contributed by atoms with van der Waals surface area (Å²) >= 11 is 0. The number of hydrogen-bond donors (Lipinski definition) is 1. The van der Waals surface area contributed by atoms with Crippen LogP contribution in [-0.2, 0) is 7.05 Å². The van der Waals surface area contributed by atoms with E-state index >= 15 is 0 Å². The summed E-state index contributed by atoms with van der Waals surface area (Å²) in [6, 6.07) is 20.4. The smallest absolute Gasteiger partial charge is 0.295 e. The van der Waals surface area contributed by atoms with Gasteiger partial charge in [0.15, 0.2) is 6.20 Å². The summed E-state index contributed by atoms with van der Waals surface area (Å²) in [5.74, 6) is 1.80. The molecular formula is C16H16ClN3. The van der Waals surface area contributed by atoms with Crippen molar-refractivity contribution in [1.82, 2.24) is 4.57 Å². The quantitative estimate of drug-likeness (QED) is 0.637. The molecule has 1 heterocycles. The Morgan fingerprint density at radius 1 is 0.900 bits per heavy atom. The third-order valence-electron chi connectivity index (χ3n) is 3.18. The molecule has 0 atom stereocenters. The summed E-state index contributed by atoms with van der Waals surface area (Å²) in [4.78, 5) is 0. The molecule has 0 saturated carbocycles. The molecule has 3 rings (SSSR count). The second-order valence-electron chi connectivity index (χ2n) is 4.53. The average molecular weight is 286 g/mol. The number of aromatic nitrogens is 2. The van der Waals surface area contributed by atoms with Gasteiger partial charge < -0.3 is 18.1 Å². The fourth-order valence-electron chi connectivity index (χ4n) is 2.37. The molecule has 0 bridgehead atoms. The lowest BCUT2D eigenvalue weighted by atomic mass is 10.2. The molecule has 0 aliphatic carbocycles. The molecule has 0 unspecified atom stereocenters. The van der Waals surface area contributed by atoms with Crippen LogP contribution in [0.15, 0.2) is 66.9 Å². The fourth-order valence-corrected chi connectivity index (χ4v) is 2.37. The largest absolute Gasteiger partial charge is 1.00 e. The maximum absolute atomic E-state index is 6.15. The number of para-hydroxylation sites is 1. The van der Waals surface area contributed by atoms with Gasteiger partial charge in [0.1, 0.15) is 5.69 Å². The van der Waals surface area contributed by atoms with Gasteiger partial charge in [-0.15, -0.1) is 0 Å². The zero-order chi connectivity index (χ0) is 13.2. The highest BCUT2D eigenvalue weighted by atomic mass is 35.5. The summed E-state index contributed by atoms with van der Waals surface area (Å²) in [7, 11) is 2.01. The van der Waals surface area contributed by atoms with Crippen molar-refractivity contribution in [2.24, 2.45) is 7.05 Å². The second-order valence-corrected chi connectivity index (χ2v) is 4.53. The molecule has 102 valence electrons. The van der Waals surface area contributed by atoms with Crippen molar-refractivity contribution in [3.05, 3.63) is 66.9 Å². The molecule has 2 N–H and O–H groups in total. The molecule has 0 radical (unpaired) electrons. The van der Waals surface area contributed by atoms with Gasteiger partial charge in [0, 0.05) is 0 Å². The minimum absolute atomic E-state index is 0. The molecule has 2 aromatic carbocycles. The normalized spacial score (nSPS) is 10.1. The van der Waals surface area contributed by atoms with E-state index in [0.717, 1.165) is 22.9 Å². The maximum atomic E-state index is 6.15. The van der Waals surface area contributed by atoms with Crippen molar-refractivity contribution >= 4 is 5.82 Å². The van der Waals surface area contributed by atoms with E-state index in [4.69, 9.17) is 5.73 Å². The molecule has 0 aliphatic rings. The first-order chi connectivity index (χ1) is 9.27. The van der Waals surface area contributed by atoms with Crippen LogP contribution in [0.25, 0.3) is 17.1 Å². The topological polar surface area (TPSA) is 34.8 Å². The molecule has 0 fully saturated rings. The lowest BCUT2D eigenvalue weighted by Crippen LogP contribution is -3.00. The first-order valence-electron chi connectivity index (χ1n) is 6.25. The summed E-state index contributed by atoms with van der Waals surface area (Å²) in [6.45, 7) is 0. The standard InChI is InChI=1S/C16H16N3.ClH/c1-18-12-15(17)19(14-10-6-3-7-11-14)16(18)13-8-4-2-5-9-13;/h2-12H,17H2,1H3;1H/q+1;/p-1. The van der Waals surface area contributed by atoms with Crippen molar-refractivity contribution in [2.45, 2.75) is 0 Å². The van der Waals surface area contributed by atoms with Crippen molar-refractivity contribution in [3.63, 3.8) is 0 Å². The van der Waals surface area contributed by atoms with Crippen molar-refractivity contribution in [1.29, 1.82) is 0 Å². The average Bonchev–Trinajstić information content (AvgIpc) is 2.75. The third kappa shape index (κ3) is 2.40. The van der Waals surface area contributed by atoms with E-state index in [-0.39, 0.29) is 12.4 Å². The number of imidazole rings is 1. The van der Waals surface area contributed by atoms with E-state index in [9.17, 15) is 0 Å². The number of nitrogen functional groups attached to an aromatic ring is 1. The van der Waals surface area contributed by atoms with Crippen LogP contribution in [-0.4, -0.2) is 4.57 Å². The van der Waals surface area contributed by atoms with Crippen LogP contribution in [0.1, 0.15) is 0 Å². The van der Waals surface area contributed by atoms with Gasteiger partial charge in [-0.2, -0.15) is 4.57 Å². The molecule has 3 nitrogen and oxygen atoms in total. The first kappa shape index (κ1) is 14.2. The zero-order valence-electron chi connectivity index (χ0n) is 11.2. The number of rotatable bonds is 2. The maximum Gasteiger partial charge on any atom is 0.295 e. The Hall–Kier alpha value is -2.26. The van der Waals surface area contributed by atoms with Crippen molar-refractivity contribution < 1.29 is 17.0 Å². The molecule has 1 aromatic heterocycles. The van der Waals surface area contributed by atoms with Crippen LogP contribution >= 0.6 is 0 Å². The Kier molecular flexibility index (Phi) is 4.11. The second kappa shape index (κ2) is 5.80. The van der Waals surface area contributed by atoms with Gasteiger partial charge >= 0.3 is 0 Å². The highest BCUT2D eigenvalue weighted by molar-refractivity contribution is 5.59. The summed E-state index contributed by atoms with van der Waals surface area (Å²) in [5, 5.41) is 0. The number of nitrogens with two attached hydrogens (primary N) is 1. The number of halogens is 1. The molecule has 3 aromatic rings. The number of nitrogens with zero attached hydrogens (tertiary/aromatic N) is 2. The monoisotopic (exact) mass is 285 g/mol. The van der Waals surface area contributed by atoms with Gasteiger partial charge in [-0.05, 0) is 24.3 Å². The molecule has 0 saturated heterocycles. The van der Waals surface area contributed by atoms with Crippen molar-refractivity contribution in [3.8, 4) is 17.1 Å². The Balaban J connectivity index is 0.00000147. The van der Waals surface area contributed by atoms with Crippen LogP contribution in [0, 0.1) is 0 Å². The number of hydrogen-bond acceptors (Lipinski definition) is 1. The van der Waals surface area contributed by atoms with E-state index in [0.29, 0.717) is 0 Å². The van der Waals surface area contributed by atoms with Crippen LogP contribution < -0.4 is 22.7 Å². The predicted molar refractivity (Wildman–Crippen MR) is 76.8 cm³/mol. The predicted octanol–water partition coefficient (Wildman–Crippen LogP) is -0.445. The summed E-state index contributed by atoms with van der Waals surface area (Å²) in [5.41, 5.74) is 8.37. The SMILES string of the molecule is C[n+]1cc(N)n(-c2ccccc2)c1-c1ccccc1.[Cl-]. The van der Waals surface area contributed by atoms with Crippen LogP contribution in [0.3, 0.4) is 0 Å². The Morgan fingerprint density at radius 3 is 2.05 bits per heavy atom. The fraction of sp³-hybridized carbons (Fsp3) is 0.0625. The molecule has 0 spiro atoms. The third-order valence-corrected chi connectivity index (χ3v) is 3.18. The van der Waals surface area contributed by atoms with Crippen LogP contribution in [0.4, 0.5) is 5.82 Å². The Labute approximate surface area is 124 Å². The molecular weight excluding hydrogens is 270 g/mol. The van der Waals surface area contributed by atoms with E-state index in [1.54, 1.807) is 0 Å². The van der Waals surface area contributed by atoms with Crippen LogP contribution in [0.5, 0.6) is 0 Å². The van der Waals surface area contributed by atoms with Crippen molar-refractivity contribution in [2.75, 3.05) is 5.73 Å². The van der Waals surface area contributed by atoms with Gasteiger partial charge in [0.05, 0.1) is 12.6 Å². The minimum Gasteiger partial charge on any atom is -1.00 e.